The van der Waals surface area contributed by atoms with Gasteiger partial charge in [-0.1, -0.05) is 18.5 Å². The molecule has 0 saturated carbocycles. The fourth-order valence-electron chi connectivity index (χ4n) is 2.33. The molecule has 30 heavy (non-hydrogen) atoms. The molecule has 0 aliphatic heterocycles. The Morgan fingerprint density at radius 2 is 1.97 bits per heavy atom. The summed E-state index contributed by atoms with van der Waals surface area (Å²) in [4.78, 5) is 31.7. The fraction of sp³-hybridized carbons (Fsp3) is 0.368. The van der Waals surface area contributed by atoms with Crippen LogP contribution >= 0.6 is 11.6 Å². The summed E-state index contributed by atoms with van der Waals surface area (Å²) in [5.74, 6) is -0.579. The van der Waals surface area contributed by atoms with Gasteiger partial charge in [0.2, 0.25) is 11.8 Å². The van der Waals surface area contributed by atoms with Crippen LogP contribution in [0, 0.1) is 6.92 Å². The van der Waals surface area contributed by atoms with Gasteiger partial charge in [0.25, 0.3) is 5.91 Å². The topological polar surface area (TPSA) is 93.2 Å². The molecule has 0 fully saturated rings. The molecule has 1 atom stereocenters. The van der Waals surface area contributed by atoms with Gasteiger partial charge in [0.1, 0.15) is 16.9 Å². The second kappa shape index (κ2) is 9.75. The lowest BCUT2D eigenvalue weighted by molar-refractivity contribution is -0.137. The largest absolute Gasteiger partial charge is 0.472 e. The summed E-state index contributed by atoms with van der Waals surface area (Å²) in [5.41, 5.74) is -0.161. The van der Waals surface area contributed by atoms with E-state index in [0.29, 0.717) is 11.9 Å². The maximum Gasteiger partial charge on any atom is 0.417 e. The second-order valence-electron chi connectivity index (χ2n) is 6.43. The highest BCUT2D eigenvalue weighted by molar-refractivity contribution is 6.31. The first-order valence-corrected chi connectivity index (χ1v) is 9.33. The SMILES string of the molecule is CCC(=O)Nc1cc(C(=O)NC[C@@H](C)Oc2ncc(C(F)(F)F)cc2Cl)cc(C)n1. The molecule has 0 spiro atoms. The second-order valence-corrected chi connectivity index (χ2v) is 6.84. The average molecular weight is 445 g/mol. The van der Waals surface area contributed by atoms with Crippen LogP contribution in [0.25, 0.3) is 0 Å². The van der Waals surface area contributed by atoms with E-state index in [4.69, 9.17) is 16.3 Å². The minimum absolute atomic E-state index is 0.0376. The van der Waals surface area contributed by atoms with Gasteiger partial charge in [-0.05, 0) is 32.0 Å². The maximum absolute atomic E-state index is 12.7. The highest BCUT2D eigenvalue weighted by Crippen LogP contribution is 2.33. The number of pyridine rings is 2. The van der Waals surface area contributed by atoms with Gasteiger partial charge in [0.05, 0.1) is 12.1 Å². The molecular weight excluding hydrogens is 425 g/mol. The molecule has 162 valence electrons. The Kier molecular flexibility index (Phi) is 7.60. The lowest BCUT2D eigenvalue weighted by Gasteiger charge is -2.16. The van der Waals surface area contributed by atoms with E-state index in [1.165, 1.54) is 6.07 Å². The molecule has 0 aromatic carbocycles. The Hall–Kier alpha value is -2.88. The van der Waals surface area contributed by atoms with Crippen molar-refractivity contribution in [1.82, 2.24) is 15.3 Å². The quantitative estimate of drug-likeness (QED) is 0.673. The molecule has 11 heteroatoms. The summed E-state index contributed by atoms with van der Waals surface area (Å²) in [5, 5.41) is 4.94. The van der Waals surface area contributed by atoms with Gasteiger partial charge in [-0.3, -0.25) is 9.59 Å². The maximum atomic E-state index is 12.7. The number of hydrogen-bond acceptors (Lipinski definition) is 5. The first-order chi connectivity index (χ1) is 14.0. The van der Waals surface area contributed by atoms with Crippen LogP contribution in [0.4, 0.5) is 19.0 Å². The molecule has 0 unspecified atom stereocenters. The Morgan fingerprint density at radius 3 is 2.57 bits per heavy atom. The third kappa shape index (κ3) is 6.58. The van der Waals surface area contributed by atoms with Crippen LogP contribution in [0.15, 0.2) is 24.4 Å². The Morgan fingerprint density at radius 1 is 1.27 bits per heavy atom. The van der Waals surface area contributed by atoms with Crippen LogP contribution in [0.1, 0.15) is 41.9 Å². The van der Waals surface area contributed by atoms with E-state index in [0.717, 1.165) is 6.07 Å². The lowest BCUT2D eigenvalue weighted by Crippen LogP contribution is -2.34. The molecule has 2 amide bonds. The molecule has 0 aliphatic rings. The number of ether oxygens (including phenoxy) is 1. The summed E-state index contributed by atoms with van der Waals surface area (Å²) < 4.78 is 43.4. The van der Waals surface area contributed by atoms with Gasteiger partial charge >= 0.3 is 6.18 Å². The predicted octanol–water partition coefficient (Wildman–Crippen LogP) is 4.00. The number of aryl methyl sites for hydroxylation is 1. The van der Waals surface area contributed by atoms with Crippen molar-refractivity contribution in [2.45, 2.75) is 39.5 Å². The van der Waals surface area contributed by atoms with Gasteiger partial charge < -0.3 is 15.4 Å². The number of nitrogens with zero attached hydrogens (tertiary/aromatic N) is 2. The standard InChI is InChI=1S/C19H20ClF3N4O3/c1-4-16(28)27-15-6-12(5-10(2)26-15)17(29)24-8-11(3)30-18-14(20)7-13(9-25-18)19(21,22)23/h5-7,9,11H,4,8H2,1-3H3,(H,24,29)(H,26,27,28)/t11-/m1/s1. The molecule has 2 N–H and O–H groups in total. The molecule has 0 bridgehead atoms. The number of aromatic nitrogens is 2. The van der Waals surface area contributed by atoms with Crippen molar-refractivity contribution in [1.29, 1.82) is 0 Å². The minimum atomic E-state index is -4.56. The Bertz CT molecular complexity index is 938. The van der Waals surface area contributed by atoms with Gasteiger partial charge in [-0.2, -0.15) is 13.2 Å². The Labute approximate surface area is 176 Å². The minimum Gasteiger partial charge on any atom is -0.472 e. The predicted molar refractivity (Wildman–Crippen MR) is 105 cm³/mol. The molecule has 0 aliphatic carbocycles. The van der Waals surface area contributed by atoms with E-state index < -0.39 is 23.8 Å². The number of nitrogens with one attached hydrogen (secondary N) is 2. The van der Waals surface area contributed by atoms with Crippen molar-refractivity contribution in [3.05, 3.63) is 46.2 Å². The number of halogens is 4. The van der Waals surface area contributed by atoms with Crippen LogP contribution in [0.3, 0.4) is 0 Å². The van der Waals surface area contributed by atoms with Crippen molar-refractivity contribution < 1.29 is 27.5 Å². The molecule has 2 aromatic rings. The van der Waals surface area contributed by atoms with Gasteiger partial charge in [0.15, 0.2) is 0 Å². The Balaban J connectivity index is 1.99. The molecule has 2 rings (SSSR count). The van der Waals surface area contributed by atoms with E-state index in [1.807, 2.05) is 0 Å². The van der Waals surface area contributed by atoms with Crippen molar-refractivity contribution in [3.63, 3.8) is 0 Å². The monoisotopic (exact) mass is 444 g/mol. The average Bonchev–Trinajstić information content (AvgIpc) is 2.66. The van der Waals surface area contributed by atoms with Crippen LogP contribution in [0.5, 0.6) is 5.88 Å². The molecular formula is C19H20ClF3N4O3. The highest BCUT2D eigenvalue weighted by Gasteiger charge is 2.32. The van der Waals surface area contributed by atoms with Crippen molar-refractivity contribution in [3.8, 4) is 5.88 Å². The van der Waals surface area contributed by atoms with E-state index >= 15 is 0 Å². The zero-order valence-electron chi connectivity index (χ0n) is 16.4. The van der Waals surface area contributed by atoms with Gasteiger partial charge in [0, 0.05) is 23.9 Å². The van der Waals surface area contributed by atoms with Gasteiger partial charge in [-0.15, -0.1) is 0 Å². The first kappa shape index (κ1) is 23.4. The number of hydrogen-bond donors (Lipinski definition) is 2. The van der Waals surface area contributed by atoms with Crippen LogP contribution in [-0.4, -0.2) is 34.4 Å². The van der Waals surface area contributed by atoms with Crippen LogP contribution < -0.4 is 15.4 Å². The number of rotatable bonds is 7. The molecule has 2 heterocycles. The molecule has 0 saturated heterocycles. The number of carbonyl (C=O) groups excluding carboxylic acids is 2. The molecule has 0 radical (unpaired) electrons. The van der Waals surface area contributed by atoms with Crippen molar-refractivity contribution in [2.75, 3.05) is 11.9 Å². The van der Waals surface area contributed by atoms with Crippen molar-refractivity contribution >= 4 is 29.2 Å². The molecule has 2 aromatic heterocycles. The fourth-order valence-corrected chi connectivity index (χ4v) is 2.54. The van der Waals surface area contributed by atoms with E-state index in [1.54, 1.807) is 26.8 Å². The molecule has 7 nitrogen and oxygen atoms in total. The van der Waals surface area contributed by atoms with Gasteiger partial charge in [-0.25, -0.2) is 9.97 Å². The highest BCUT2D eigenvalue weighted by atomic mass is 35.5. The lowest BCUT2D eigenvalue weighted by atomic mass is 10.2. The summed E-state index contributed by atoms with van der Waals surface area (Å²) in [6.07, 6.45) is -4.30. The summed E-state index contributed by atoms with van der Waals surface area (Å²) in [6.45, 7) is 5.01. The van der Waals surface area contributed by atoms with E-state index in [2.05, 4.69) is 20.6 Å². The summed E-state index contributed by atoms with van der Waals surface area (Å²) >= 11 is 5.81. The number of alkyl halides is 3. The van der Waals surface area contributed by atoms with E-state index in [-0.39, 0.29) is 41.2 Å². The number of amides is 2. The van der Waals surface area contributed by atoms with Crippen LogP contribution in [0.2, 0.25) is 5.02 Å². The summed E-state index contributed by atoms with van der Waals surface area (Å²) in [7, 11) is 0. The number of carbonyl (C=O) groups is 2. The normalized spacial score (nSPS) is 12.2. The van der Waals surface area contributed by atoms with Crippen molar-refractivity contribution in [2.24, 2.45) is 0 Å². The third-order valence-corrected chi connectivity index (χ3v) is 4.07. The zero-order valence-corrected chi connectivity index (χ0v) is 17.2. The summed E-state index contributed by atoms with van der Waals surface area (Å²) in [6, 6.07) is 3.72. The van der Waals surface area contributed by atoms with E-state index in [9.17, 15) is 22.8 Å². The zero-order chi connectivity index (χ0) is 22.5. The first-order valence-electron chi connectivity index (χ1n) is 8.95. The number of anilines is 1. The smallest absolute Gasteiger partial charge is 0.417 e. The third-order valence-electron chi connectivity index (χ3n) is 3.80. The van der Waals surface area contributed by atoms with Crippen LogP contribution in [-0.2, 0) is 11.0 Å².